The lowest BCUT2D eigenvalue weighted by atomic mass is 9.55. The van der Waals surface area contributed by atoms with Gasteiger partial charge in [0.1, 0.15) is 0 Å². The van der Waals surface area contributed by atoms with Gasteiger partial charge in [0.25, 0.3) is 0 Å². The fourth-order valence-electron chi connectivity index (χ4n) is 6.07. The number of hydrogen-bond donors (Lipinski definition) is 1. The molecule has 1 heterocycles. The van der Waals surface area contributed by atoms with Crippen LogP contribution in [-0.4, -0.2) is 24.1 Å². The quantitative estimate of drug-likeness (QED) is 0.448. The highest BCUT2D eigenvalue weighted by atomic mass is 32.2. The Balaban J connectivity index is 1.43. The molecule has 1 N–H and O–H groups in total. The minimum absolute atomic E-state index is 0.0566. The average molecular weight is 488 g/mol. The molecule has 2 bridgehead atoms. The van der Waals surface area contributed by atoms with Crippen molar-refractivity contribution in [3.8, 4) is 0 Å². The number of fused-ring (bicyclic) bond motifs is 2. The molecule has 0 atom stereocenters. The largest absolute Gasteiger partial charge is 0.316 e. The van der Waals surface area contributed by atoms with Gasteiger partial charge in [-0.25, -0.2) is 13.1 Å². The van der Waals surface area contributed by atoms with Crippen LogP contribution in [0, 0.1) is 0 Å². The van der Waals surface area contributed by atoms with E-state index < -0.39 is 26.6 Å². The summed E-state index contributed by atoms with van der Waals surface area (Å²) in [5.74, 6) is 0.342. The number of aryl methyl sites for hydroxylation is 2. The molecule has 7 rings (SSSR count). The first kappa shape index (κ1) is 22.0. The van der Waals surface area contributed by atoms with Crippen LogP contribution in [0.2, 0.25) is 0 Å². The Hall–Kier alpha value is -3.49. The summed E-state index contributed by atoms with van der Waals surface area (Å²) < 4.78 is 32.3. The molecule has 3 aliphatic rings. The van der Waals surface area contributed by atoms with Crippen LogP contribution in [0.4, 0.5) is 0 Å². The lowest BCUT2D eigenvalue weighted by Gasteiger charge is -2.49. The highest BCUT2D eigenvalue weighted by Crippen LogP contribution is 2.55. The Morgan fingerprint density at radius 3 is 2.06 bits per heavy atom. The molecular formula is C27H25N3O4S. The van der Waals surface area contributed by atoms with Gasteiger partial charge in [0.15, 0.2) is 0 Å². The van der Waals surface area contributed by atoms with E-state index in [1.165, 1.54) is 57.6 Å². The highest BCUT2D eigenvalue weighted by molar-refractivity contribution is 7.89. The van der Waals surface area contributed by atoms with Crippen molar-refractivity contribution in [2.75, 3.05) is 6.54 Å². The highest BCUT2D eigenvalue weighted by Gasteiger charge is 2.48. The van der Waals surface area contributed by atoms with E-state index in [9.17, 15) is 18.0 Å². The molecule has 0 spiro atoms. The zero-order chi connectivity index (χ0) is 24.5. The van der Waals surface area contributed by atoms with Gasteiger partial charge in [-0.3, -0.25) is 9.59 Å². The van der Waals surface area contributed by atoms with E-state index in [1.54, 1.807) is 6.07 Å². The predicted molar refractivity (Wildman–Crippen MR) is 134 cm³/mol. The molecule has 0 radical (unpaired) electrons. The van der Waals surface area contributed by atoms with Crippen LogP contribution in [-0.2, 0) is 29.5 Å². The van der Waals surface area contributed by atoms with E-state index in [1.807, 2.05) is 24.3 Å². The molecule has 3 aliphatic carbocycles. The second kappa shape index (κ2) is 7.50. The molecule has 7 nitrogen and oxygen atoms in total. The molecular weight excluding hydrogens is 462 g/mol. The van der Waals surface area contributed by atoms with E-state index in [0.29, 0.717) is 17.0 Å². The lowest BCUT2D eigenvalue weighted by molar-refractivity contribution is 0.370. The maximum Gasteiger partial charge on any atom is 0.316 e. The maximum atomic E-state index is 13.5. The smallest absolute Gasteiger partial charge is 0.305 e. The number of nitrogens with one attached hydrogen (secondary N) is 1. The van der Waals surface area contributed by atoms with Gasteiger partial charge in [0.2, 0.25) is 10.0 Å². The normalized spacial score (nSPS) is 20.6. The Labute approximate surface area is 202 Å². The Kier molecular flexibility index (Phi) is 4.72. The first-order chi connectivity index (χ1) is 16.7. The van der Waals surface area contributed by atoms with E-state index >= 15 is 0 Å². The van der Waals surface area contributed by atoms with Crippen molar-refractivity contribution in [3.63, 3.8) is 0 Å². The van der Waals surface area contributed by atoms with Gasteiger partial charge in [-0.05, 0) is 53.3 Å². The lowest BCUT2D eigenvalue weighted by Crippen LogP contribution is -2.48. The predicted octanol–water partition coefficient (Wildman–Crippen LogP) is 2.74. The summed E-state index contributed by atoms with van der Waals surface area (Å²) in [6.45, 7) is 0.236. The van der Waals surface area contributed by atoms with Crippen molar-refractivity contribution in [2.24, 2.45) is 14.1 Å². The summed E-state index contributed by atoms with van der Waals surface area (Å²) in [6, 6.07) is 21.2. The summed E-state index contributed by atoms with van der Waals surface area (Å²) in [5, 5.41) is 0. The summed E-state index contributed by atoms with van der Waals surface area (Å²) in [5.41, 5.74) is 4.00. The molecule has 0 saturated carbocycles. The number of nitrogens with zero attached hydrogens (tertiary/aromatic N) is 2. The summed E-state index contributed by atoms with van der Waals surface area (Å²) in [6.07, 6.45) is 1.84. The zero-order valence-electron chi connectivity index (χ0n) is 19.5. The van der Waals surface area contributed by atoms with Crippen molar-refractivity contribution < 1.29 is 8.42 Å². The number of rotatable bonds is 4. The van der Waals surface area contributed by atoms with E-state index in [2.05, 4.69) is 29.0 Å². The van der Waals surface area contributed by atoms with Crippen molar-refractivity contribution in [2.45, 2.75) is 29.1 Å². The SMILES string of the molecule is Cn1c(=O)c(=O)n(C)c2cc(S(=O)(=O)NCC34CCC(c5ccccc53)c3ccccc34)ccc21. The van der Waals surface area contributed by atoms with Crippen LogP contribution in [0.5, 0.6) is 0 Å². The molecule has 35 heavy (non-hydrogen) atoms. The number of aromatic nitrogens is 2. The van der Waals surface area contributed by atoms with Gasteiger partial charge in [-0.1, -0.05) is 48.5 Å². The molecule has 3 aromatic carbocycles. The van der Waals surface area contributed by atoms with Crippen LogP contribution < -0.4 is 15.8 Å². The molecule has 4 aromatic rings. The van der Waals surface area contributed by atoms with Crippen LogP contribution in [0.3, 0.4) is 0 Å². The van der Waals surface area contributed by atoms with Crippen molar-refractivity contribution in [1.29, 1.82) is 0 Å². The van der Waals surface area contributed by atoms with Crippen LogP contribution in [0.1, 0.15) is 41.0 Å². The monoisotopic (exact) mass is 487 g/mol. The van der Waals surface area contributed by atoms with Gasteiger partial charge < -0.3 is 9.13 Å². The van der Waals surface area contributed by atoms with Gasteiger partial charge in [0, 0.05) is 32.0 Å². The molecule has 0 amide bonds. The zero-order valence-corrected chi connectivity index (χ0v) is 20.3. The van der Waals surface area contributed by atoms with Gasteiger partial charge in [-0.2, -0.15) is 0 Å². The Morgan fingerprint density at radius 2 is 1.43 bits per heavy atom. The van der Waals surface area contributed by atoms with Crippen molar-refractivity contribution >= 4 is 21.1 Å². The molecule has 0 aliphatic heterocycles. The molecule has 0 unspecified atom stereocenters. The maximum absolute atomic E-state index is 13.5. The second-order valence-electron chi connectivity index (χ2n) is 9.55. The molecule has 0 saturated heterocycles. The third-order valence-corrected chi connectivity index (χ3v) is 9.30. The standard InChI is InChI=1S/C27H25N3O4S/c1-29-23-12-11-17(15-24(23)30(2)26(32)25(29)31)35(33,34)28-16-27-14-13-18(19-7-3-5-9-21(19)27)20-8-4-6-10-22(20)27/h3-12,15,18,28H,13-14,16H2,1-2H3. The van der Waals surface area contributed by atoms with Crippen LogP contribution >= 0.6 is 0 Å². The molecule has 8 heteroatoms. The third kappa shape index (κ3) is 3.03. The van der Waals surface area contributed by atoms with Crippen molar-refractivity contribution in [1.82, 2.24) is 13.9 Å². The van der Waals surface area contributed by atoms with Gasteiger partial charge >= 0.3 is 11.1 Å². The van der Waals surface area contributed by atoms with Crippen LogP contribution in [0.15, 0.2) is 81.2 Å². The molecule has 1 aromatic heterocycles. The fraction of sp³-hybridized carbons (Fsp3) is 0.259. The van der Waals surface area contributed by atoms with Crippen LogP contribution in [0.25, 0.3) is 11.0 Å². The second-order valence-corrected chi connectivity index (χ2v) is 11.3. The van der Waals surface area contributed by atoms with Gasteiger partial charge in [0.05, 0.1) is 15.9 Å². The third-order valence-electron chi connectivity index (χ3n) is 7.90. The van der Waals surface area contributed by atoms with E-state index in [4.69, 9.17) is 0 Å². The first-order valence-corrected chi connectivity index (χ1v) is 13.1. The average Bonchev–Trinajstić information content (AvgIpc) is 2.90. The minimum Gasteiger partial charge on any atom is -0.305 e. The number of hydrogen-bond acceptors (Lipinski definition) is 4. The molecule has 178 valence electrons. The van der Waals surface area contributed by atoms with E-state index in [0.717, 1.165) is 12.8 Å². The number of benzene rings is 3. The Bertz CT molecular complexity index is 1700. The van der Waals surface area contributed by atoms with Gasteiger partial charge in [-0.15, -0.1) is 0 Å². The van der Waals surface area contributed by atoms with Crippen molar-refractivity contribution in [3.05, 3.63) is 110 Å². The summed E-state index contributed by atoms with van der Waals surface area (Å²) in [4.78, 5) is 24.5. The fourth-order valence-corrected chi connectivity index (χ4v) is 7.18. The van der Waals surface area contributed by atoms with E-state index in [-0.39, 0.29) is 11.4 Å². The summed E-state index contributed by atoms with van der Waals surface area (Å²) >= 11 is 0. The first-order valence-electron chi connectivity index (χ1n) is 11.6. The Morgan fingerprint density at radius 1 is 0.857 bits per heavy atom. The summed E-state index contributed by atoms with van der Waals surface area (Å²) in [7, 11) is -0.911. The topological polar surface area (TPSA) is 90.2 Å². The minimum atomic E-state index is -3.89. The number of sulfonamides is 1. The molecule has 0 fully saturated rings.